The van der Waals surface area contributed by atoms with Crippen LogP contribution in [0.4, 0.5) is 0 Å². The molecular weight excluding hydrogens is 369 g/mol. The molecule has 0 aliphatic rings. The molecule has 0 heterocycles. The van der Waals surface area contributed by atoms with Crippen LogP contribution in [0.15, 0.2) is 60.7 Å². The molecule has 0 aliphatic carbocycles. The Hall–Kier alpha value is -1.55. The zero-order valence-corrected chi connectivity index (χ0v) is 16.9. The van der Waals surface area contributed by atoms with Crippen molar-refractivity contribution in [2.75, 3.05) is 26.2 Å². The minimum atomic E-state index is -1.32. The molecule has 26 heavy (non-hydrogen) atoms. The van der Waals surface area contributed by atoms with Gasteiger partial charge in [-0.3, -0.25) is 0 Å². The number of halogens is 2. The number of ether oxygens (including phenoxy) is 1. The predicted octanol–water partition coefficient (Wildman–Crippen LogP) is 4.87. The standard InChI is InChI=1S/C21H26ClNO2.ClH/c1-3-23(4-2)16-11-17-25-20(24)21(22,18-12-7-5-8-13-18)19-14-9-6-10-15-19;/h5-10,12-15H,3-4,11,16-17H2,1-2H3;1H. The van der Waals surface area contributed by atoms with Crippen LogP contribution in [0.1, 0.15) is 31.4 Å². The van der Waals surface area contributed by atoms with Crippen LogP contribution in [0, 0.1) is 0 Å². The summed E-state index contributed by atoms with van der Waals surface area (Å²) in [5.74, 6) is -0.425. The topological polar surface area (TPSA) is 29.5 Å². The Morgan fingerprint density at radius 3 is 1.85 bits per heavy atom. The Morgan fingerprint density at radius 2 is 1.42 bits per heavy atom. The highest BCUT2D eigenvalue weighted by Gasteiger charge is 2.41. The molecule has 0 aliphatic heterocycles. The second-order valence-corrected chi connectivity index (χ2v) is 6.47. The van der Waals surface area contributed by atoms with Crippen LogP contribution in [0.3, 0.4) is 0 Å². The third-order valence-corrected chi connectivity index (χ3v) is 4.96. The summed E-state index contributed by atoms with van der Waals surface area (Å²) in [5.41, 5.74) is 1.44. The highest BCUT2D eigenvalue weighted by atomic mass is 35.5. The first-order valence-corrected chi connectivity index (χ1v) is 9.20. The van der Waals surface area contributed by atoms with Crippen molar-refractivity contribution in [3.05, 3.63) is 71.8 Å². The largest absolute Gasteiger partial charge is 0.464 e. The number of carbonyl (C=O) groups excluding carboxylic acids is 1. The van der Waals surface area contributed by atoms with Crippen LogP contribution in [0.2, 0.25) is 0 Å². The first kappa shape index (κ1) is 22.5. The molecule has 0 bridgehead atoms. The summed E-state index contributed by atoms with van der Waals surface area (Å²) in [6, 6.07) is 18.8. The zero-order valence-electron chi connectivity index (χ0n) is 15.4. The Morgan fingerprint density at radius 1 is 0.962 bits per heavy atom. The van der Waals surface area contributed by atoms with Crippen LogP contribution in [0.25, 0.3) is 0 Å². The van der Waals surface area contributed by atoms with E-state index < -0.39 is 10.8 Å². The number of alkyl halides is 1. The lowest BCUT2D eigenvalue weighted by Gasteiger charge is -2.26. The summed E-state index contributed by atoms with van der Waals surface area (Å²) in [5, 5.41) is 0. The monoisotopic (exact) mass is 395 g/mol. The van der Waals surface area contributed by atoms with Gasteiger partial charge in [0.1, 0.15) is 0 Å². The van der Waals surface area contributed by atoms with E-state index >= 15 is 0 Å². The van der Waals surface area contributed by atoms with E-state index in [1.165, 1.54) is 0 Å². The summed E-state index contributed by atoms with van der Waals surface area (Å²) in [6.45, 7) is 7.53. The molecule has 0 saturated heterocycles. The summed E-state index contributed by atoms with van der Waals surface area (Å²) in [7, 11) is 0. The number of benzene rings is 2. The second-order valence-electron chi connectivity index (χ2n) is 5.91. The minimum Gasteiger partial charge on any atom is -0.464 e. The molecule has 0 N–H and O–H groups in total. The van der Waals surface area contributed by atoms with E-state index in [0.717, 1.165) is 37.2 Å². The lowest BCUT2D eigenvalue weighted by Crippen LogP contribution is -2.34. The SMILES string of the molecule is CCN(CC)CCCOC(=O)C(Cl)(c1ccccc1)c1ccccc1.Cl. The molecule has 0 spiro atoms. The van der Waals surface area contributed by atoms with Gasteiger partial charge in [0.15, 0.2) is 4.87 Å². The normalized spacial score (nSPS) is 11.1. The summed E-state index contributed by atoms with van der Waals surface area (Å²) < 4.78 is 5.56. The molecule has 0 saturated carbocycles. The number of hydrogen-bond donors (Lipinski definition) is 0. The fourth-order valence-corrected chi connectivity index (χ4v) is 3.14. The van der Waals surface area contributed by atoms with Gasteiger partial charge in [0.25, 0.3) is 0 Å². The molecule has 0 atom stereocenters. The molecule has 142 valence electrons. The number of rotatable bonds is 9. The molecule has 2 aromatic rings. The van der Waals surface area contributed by atoms with Gasteiger partial charge in [-0.2, -0.15) is 0 Å². The van der Waals surface area contributed by atoms with E-state index in [9.17, 15) is 4.79 Å². The lowest BCUT2D eigenvalue weighted by molar-refractivity contribution is -0.146. The number of carbonyl (C=O) groups is 1. The van der Waals surface area contributed by atoms with Crippen molar-refractivity contribution in [2.45, 2.75) is 25.1 Å². The molecule has 5 heteroatoms. The van der Waals surface area contributed by atoms with Crippen LogP contribution in [0.5, 0.6) is 0 Å². The van der Waals surface area contributed by atoms with E-state index in [4.69, 9.17) is 16.3 Å². The molecular formula is C21H27Cl2NO2. The fourth-order valence-electron chi connectivity index (χ4n) is 2.83. The predicted molar refractivity (Wildman–Crippen MR) is 110 cm³/mol. The number of nitrogens with zero attached hydrogens (tertiary/aromatic N) is 1. The summed E-state index contributed by atoms with van der Waals surface area (Å²) in [4.78, 5) is 13.9. The van der Waals surface area contributed by atoms with Gasteiger partial charge < -0.3 is 9.64 Å². The maximum atomic E-state index is 12.9. The Kier molecular flexibility index (Phi) is 9.71. The van der Waals surface area contributed by atoms with Crippen molar-refractivity contribution < 1.29 is 9.53 Å². The first-order chi connectivity index (χ1) is 12.1. The van der Waals surface area contributed by atoms with Crippen molar-refractivity contribution >= 4 is 30.0 Å². The van der Waals surface area contributed by atoms with Crippen LogP contribution in [-0.4, -0.2) is 37.1 Å². The Bertz CT molecular complexity index is 606. The highest BCUT2D eigenvalue weighted by molar-refractivity contribution is 6.36. The average molecular weight is 396 g/mol. The summed E-state index contributed by atoms with van der Waals surface area (Å²) >= 11 is 6.85. The van der Waals surface area contributed by atoms with Gasteiger partial charge in [0.2, 0.25) is 0 Å². The quantitative estimate of drug-likeness (QED) is 0.344. The third kappa shape index (κ3) is 5.47. The molecule has 3 nitrogen and oxygen atoms in total. The molecule has 0 aromatic heterocycles. The van der Waals surface area contributed by atoms with Gasteiger partial charge in [-0.1, -0.05) is 86.1 Å². The van der Waals surface area contributed by atoms with Gasteiger partial charge in [0.05, 0.1) is 6.61 Å². The molecule has 0 fully saturated rings. The first-order valence-electron chi connectivity index (χ1n) is 8.82. The van der Waals surface area contributed by atoms with E-state index in [0.29, 0.717) is 6.61 Å². The summed E-state index contributed by atoms with van der Waals surface area (Å²) in [6.07, 6.45) is 0.796. The molecule has 2 aromatic carbocycles. The van der Waals surface area contributed by atoms with Gasteiger partial charge in [-0.25, -0.2) is 4.79 Å². The zero-order chi connectivity index (χ0) is 18.1. The lowest BCUT2D eigenvalue weighted by atomic mass is 9.90. The van der Waals surface area contributed by atoms with Crippen molar-refractivity contribution in [3.8, 4) is 0 Å². The van der Waals surface area contributed by atoms with Crippen molar-refractivity contribution in [1.82, 2.24) is 4.90 Å². The van der Waals surface area contributed by atoms with E-state index in [1.807, 2.05) is 60.7 Å². The van der Waals surface area contributed by atoms with E-state index in [-0.39, 0.29) is 12.4 Å². The smallest absolute Gasteiger partial charge is 0.336 e. The molecule has 2 rings (SSSR count). The molecule has 0 unspecified atom stereocenters. The molecule has 0 amide bonds. The maximum Gasteiger partial charge on any atom is 0.336 e. The van der Waals surface area contributed by atoms with Crippen molar-refractivity contribution in [1.29, 1.82) is 0 Å². The number of esters is 1. The van der Waals surface area contributed by atoms with Crippen molar-refractivity contribution in [2.24, 2.45) is 0 Å². The van der Waals surface area contributed by atoms with Gasteiger partial charge >= 0.3 is 5.97 Å². The third-order valence-electron chi connectivity index (χ3n) is 4.37. The van der Waals surface area contributed by atoms with Crippen LogP contribution in [-0.2, 0) is 14.4 Å². The van der Waals surface area contributed by atoms with Crippen LogP contribution >= 0.6 is 24.0 Å². The minimum absolute atomic E-state index is 0. The van der Waals surface area contributed by atoms with Crippen molar-refractivity contribution in [3.63, 3.8) is 0 Å². The maximum absolute atomic E-state index is 12.9. The highest BCUT2D eigenvalue weighted by Crippen LogP contribution is 2.37. The fraction of sp³-hybridized carbons (Fsp3) is 0.381. The van der Waals surface area contributed by atoms with Gasteiger partial charge in [0, 0.05) is 6.54 Å². The van der Waals surface area contributed by atoms with Gasteiger partial charge in [-0.05, 0) is 30.6 Å². The Labute approximate surface area is 167 Å². The molecule has 0 radical (unpaired) electrons. The van der Waals surface area contributed by atoms with Gasteiger partial charge in [-0.15, -0.1) is 12.4 Å². The van der Waals surface area contributed by atoms with E-state index in [2.05, 4.69) is 18.7 Å². The van der Waals surface area contributed by atoms with E-state index in [1.54, 1.807) is 0 Å². The number of hydrogen-bond acceptors (Lipinski definition) is 3. The average Bonchev–Trinajstić information content (AvgIpc) is 2.68. The second kappa shape index (κ2) is 11.2. The Balaban J connectivity index is 0.00000338. The van der Waals surface area contributed by atoms with Crippen LogP contribution < -0.4 is 0 Å².